The van der Waals surface area contributed by atoms with Crippen LogP contribution in [0.15, 0.2) is 54.7 Å². The van der Waals surface area contributed by atoms with E-state index in [0.29, 0.717) is 12.4 Å². The number of hydrogen-bond acceptors (Lipinski definition) is 5. The zero-order chi connectivity index (χ0) is 17.2. The zero-order valence-corrected chi connectivity index (χ0v) is 14.0. The van der Waals surface area contributed by atoms with Gasteiger partial charge in [0, 0.05) is 11.6 Å². The number of benzene rings is 1. The van der Waals surface area contributed by atoms with Crippen molar-refractivity contribution in [2.24, 2.45) is 5.73 Å². The van der Waals surface area contributed by atoms with E-state index in [0.717, 1.165) is 34.4 Å². The highest BCUT2D eigenvalue weighted by Gasteiger charge is 2.13. The Balaban J connectivity index is 1.81. The first-order valence-electron chi connectivity index (χ1n) is 8.33. The fourth-order valence-electron chi connectivity index (χ4n) is 2.87. The molecule has 0 saturated carbocycles. The average Bonchev–Trinajstić information content (AvgIpc) is 3.06. The van der Waals surface area contributed by atoms with Gasteiger partial charge in [-0.25, -0.2) is 4.98 Å². The summed E-state index contributed by atoms with van der Waals surface area (Å²) in [5, 5.41) is 9.51. The Hall–Kier alpha value is -2.99. The quantitative estimate of drug-likeness (QED) is 0.607. The van der Waals surface area contributed by atoms with E-state index in [1.165, 1.54) is 0 Å². The van der Waals surface area contributed by atoms with E-state index in [1.54, 1.807) is 0 Å². The Morgan fingerprint density at radius 2 is 2.00 bits per heavy atom. The van der Waals surface area contributed by atoms with Crippen molar-refractivity contribution in [1.29, 1.82) is 0 Å². The third-order valence-electron chi connectivity index (χ3n) is 4.13. The number of ether oxygens (including phenoxy) is 1. The second-order valence-electron chi connectivity index (χ2n) is 5.98. The van der Waals surface area contributed by atoms with Gasteiger partial charge >= 0.3 is 0 Å². The van der Waals surface area contributed by atoms with Crippen molar-refractivity contribution in [3.8, 4) is 17.3 Å². The molecule has 3 heterocycles. The molecule has 0 bridgehead atoms. The van der Waals surface area contributed by atoms with Gasteiger partial charge in [-0.15, -0.1) is 10.2 Å². The van der Waals surface area contributed by atoms with Crippen molar-refractivity contribution in [2.45, 2.75) is 19.4 Å². The molecule has 0 saturated heterocycles. The van der Waals surface area contributed by atoms with Gasteiger partial charge in [-0.2, -0.15) is 0 Å². The minimum Gasteiger partial charge on any atom is -0.488 e. The summed E-state index contributed by atoms with van der Waals surface area (Å²) in [4.78, 5) is 4.80. The number of para-hydroxylation sites is 1. The van der Waals surface area contributed by atoms with Crippen LogP contribution in [0.25, 0.3) is 28.1 Å². The molecule has 2 N–H and O–H groups in total. The number of aromatic nitrogens is 4. The standard InChI is InChI=1S/C19H19N5O/c1-13(10-11-20)25-16-6-4-5-14-8-9-15(21-18(14)16)19-23-22-17-7-2-3-12-24(17)19/h2-9,12-13H,10-11,20H2,1H3. The Kier molecular flexibility index (Phi) is 4.03. The highest BCUT2D eigenvalue weighted by Crippen LogP contribution is 2.28. The number of fused-ring (bicyclic) bond motifs is 2. The molecule has 4 rings (SSSR count). The van der Waals surface area contributed by atoms with Crippen LogP contribution in [0.2, 0.25) is 0 Å². The molecule has 3 aromatic heterocycles. The third-order valence-corrected chi connectivity index (χ3v) is 4.13. The molecule has 1 atom stereocenters. The number of nitrogens with zero attached hydrogens (tertiary/aromatic N) is 4. The van der Waals surface area contributed by atoms with Gasteiger partial charge in [-0.1, -0.05) is 24.3 Å². The van der Waals surface area contributed by atoms with Crippen molar-refractivity contribution in [3.63, 3.8) is 0 Å². The van der Waals surface area contributed by atoms with Crippen LogP contribution in [0.5, 0.6) is 5.75 Å². The Bertz CT molecular complexity index is 1030. The second kappa shape index (κ2) is 6.49. The molecule has 0 amide bonds. The number of rotatable bonds is 5. The minimum atomic E-state index is 0.0370. The van der Waals surface area contributed by atoms with Crippen LogP contribution in [0.1, 0.15) is 13.3 Å². The van der Waals surface area contributed by atoms with Crippen molar-refractivity contribution in [2.75, 3.05) is 6.54 Å². The number of pyridine rings is 2. The van der Waals surface area contributed by atoms with Crippen LogP contribution in [0.3, 0.4) is 0 Å². The first kappa shape index (κ1) is 15.5. The van der Waals surface area contributed by atoms with Crippen LogP contribution in [-0.2, 0) is 0 Å². The number of hydrogen-bond donors (Lipinski definition) is 1. The monoisotopic (exact) mass is 333 g/mol. The van der Waals surface area contributed by atoms with Crippen molar-refractivity contribution in [3.05, 3.63) is 54.7 Å². The summed E-state index contributed by atoms with van der Waals surface area (Å²) < 4.78 is 7.97. The van der Waals surface area contributed by atoms with Gasteiger partial charge in [0.25, 0.3) is 0 Å². The van der Waals surface area contributed by atoms with Crippen LogP contribution in [0.4, 0.5) is 0 Å². The van der Waals surface area contributed by atoms with Crippen molar-refractivity contribution < 1.29 is 4.74 Å². The van der Waals surface area contributed by atoms with E-state index in [4.69, 9.17) is 15.5 Å². The van der Waals surface area contributed by atoms with E-state index in [1.807, 2.05) is 66.1 Å². The van der Waals surface area contributed by atoms with Gasteiger partial charge in [-0.3, -0.25) is 4.40 Å². The lowest BCUT2D eigenvalue weighted by Crippen LogP contribution is -2.17. The summed E-state index contributed by atoms with van der Waals surface area (Å²) in [6.07, 6.45) is 2.77. The summed E-state index contributed by atoms with van der Waals surface area (Å²) in [6.45, 7) is 2.61. The van der Waals surface area contributed by atoms with E-state index < -0.39 is 0 Å². The molecular formula is C19H19N5O. The van der Waals surface area contributed by atoms with Crippen molar-refractivity contribution >= 4 is 16.6 Å². The third kappa shape index (κ3) is 2.92. The summed E-state index contributed by atoms with van der Waals surface area (Å²) >= 11 is 0. The molecular weight excluding hydrogens is 314 g/mol. The lowest BCUT2D eigenvalue weighted by Gasteiger charge is -2.15. The Morgan fingerprint density at radius 1 is 1.08 bits per heavy atom. The van der Waals surface area contributed by atoms with Crippen LogP contribution in [0, 0.1) is 0 Å². The SMILES string of the molecule is CC(CCN)Oc1cccc2ccc(-c3nnc4ccccn34)nc12. The molecule has 126 valence electrons. The molecule has 0 aliphatic heterocycles. The van der Waals surface area contributed by atoms with Gasteiger partial charge in [-0.05, 0) is 44.2 Å². The maximum Gasteiger partial charge on any atom is 0.187 e. The summed E-state index contributed by atoms with van der Waals surface area (Å²) in [5.74, 6) is 1.47. The van der Waals surface area contributed by atoms with Gasteiger partial charge < -0.3 is 10.5 Å². The van der Waals surface area contributed by atoms with Gasteiger partial charge in [0.05, 0.1) is 6.10 Å². The second-order valence-corrected chi connectivity index (χ2v) is 5.98. The molecule has 0 aliphatic carbocycles. The predicted octanol–water partition coefficient (Wildman–Crippen LogP) is 3.06. The first-order chi connectivity index (χ1) is 12.3. The lowest BCUT2D eigenvalue weighted by molar-refractivity contribution is 0.216. The highest BCUT2D eigenvalue weighted by molar-refractivity contribution is 5.86. The topological polar surface area (TPSA) is 78.3 Å². The summed E-state index contributed by atoms with van der Waals surface area (Å²) in [6, 6.07) is 15.7. The molecule has 6 heteroatoms. The van der Waals surface area contributed by atoms with E-state index in [2.05, 4.69) is 10.2 Å². The lowest BCUT2D eigenvalue weighted by atomic mass is 10.1. The van der Waals surface area contributed by atoms with Gasteiger partial charge in [0.1, 0.15) is 17.0 Å². The fourth-order valence-corrected chi connectivity index (χ4v) is 2.87. The predicted molar refractivity (Wildman–Crippen MR) is 97.5 cm³/mol. The molecule has 1 aromatic carbocycles. The Labute approximate surface area is 145 Å². The van der Waals surface area contributed by atoms with Crippen LogP contribution in [-0.4, -0.2) is 32.2 Å². The molecule has 1 unspecified atom stereocenters. The largest absolute Gasteiger partial charge is 0.488 e. The zero-order valence-electron chi connectivity index (χ0n) is 14.0. The van der Waals surface area contributed by atoms with E-state index in [9.17, 15) is 0 Å². The minimum absolute atomic E-state index is 0.0370. The molecule has 0 radical (unpaired) electrons. The smallest absolute Gasteiger partial charge is 0.187 e. The van der Waals surface area contributed by atoms with Gasteiger partial charge in [0.15, 0.2) is 11.5 Å². The average molecular weight is 333 g/mol. The maximum absolute atomic E-state index is 6.04. The van der Waals surface area contributed by atoms with E-state index in [-0.39, 0.29) is 6.10 Å². The first-order valence-corrected chi connectivity index (χ1v) is 8.33. The molecule has 0 spiro atoms. The molecule has 0 aliphatic rings. The van der Waals surface area contributed by atoms with Crippen LogP contribution < -0.4 is 10.5 Å². The molecule has 6 nitrogen and oxygen atoms in total. The molecule has 0 fully saturated rings. The molecule has 4 aromatic rings. The maximum atomic E-state index is 6.04. The molecule has 25 heavy (non-hydrogen) atoms. The Morgan fingerprint density at radius 3 is 2.88 bits per heavy atom. The fraction of sp³-hybridized carbons (Fsp3) is 0.211. The highest BCUT2D eigenvalue weighted by atomic mass is 16.5. The van der Waals surface area contributed by atoms with Crippen LogP contribution >= 0.6 is 0 Å². The van der Waals surface area contributed by atoms with Gasteiger partial charge in [0.2, 0.25) is 0 Å². The van der Waals surface area contributed by atoms with E-state index >= 15 is 0 Å². The summed E-state index contributed by atoms with van der Waals surface area (Å²) in [5.41, 5.74) is 7.99. The number of nitrogens with two attached hydrogens (primary N) is 1. The van der Waals surface area contributed by atoms with Crippen molar-refractivity contribution in [1.82, 2.24) is 19.6 Å². The summed E-state index contributed by atoms with van der Waals surface area (Å²) in [7, 11) is 0. The normalized spacial score (nSPS) is 12.6.